The number of rotatable bonds is 4. The Morgan fingerprint density at radius 3 is 2.75 bits per heavy atom. The predicted octanol–water partition coefficient (Wildman–Crippen LogP) is 2.78. The smallest absolute Gasteiger partial charge is 0.224 e. The van der Waals surface area contributed by atoms with Crippen LogP contribution in [0.15, 0.2) is 24.3 Å². The first kappa shape index (κ1) is 15.3. The molecule has 1 amide bonds. The summed E-state index contributed by atoms with van der Waals surface area (Å²) in [5.41, 5.74) is 1.23. The van der Waals surface area contributed by atoms with E-state index < -0.39 is 0 Å². The van der Waals surface area contributed by atoms with E-state index in [9.17, 15) is 4.79 Å². The number of hydrogen-bond acceptors (Lipinski definition) is 2. The first-order valence-electron chi connectivity index (χ1n) is 7.22. The molecule has 0 saturated carbocycles. The fraction of sp³-hybridized carbons (Fsp3) is 0.562. The molecule has 0 aromatic heterocycles. The van der Waals surface area contributed by atoms with Gasteiger partial charge in [0.1, 0.15) is 0 Å². The summed E-state index contributed by atoms with van der Waals surface area (Å²) in [6.07, 6.45) is 2.82. The van der Waals surface area contributed by atoms with Crippen molar-refractivity contribution in [2.75, 3.05) is 13.1 Å². The Morgan fingerprint density at radius 2 is 2.10 bits per heavy atom. The van der Waals surface area contributed by atoms with Gasteiger partial charge < -0.3 is 10.6 Å². The summed E-state index contributed by atoms with van der Waals surface area (Å²) in [5.74, 6) is 0.0653. The van der Waals surface area contributed by atoms with Crippen LogP contribution in [-0.4, -0.2) is 25.0 Å². The lowest BCUT2D eigenvalue weighted by atomic mass is 9.77. The van der Waals surface area contributed by atoms with E-state index in [0.29, 0.717) is 24.0 Å². The van der Waals surface area contributed by atoms with Gasteiger partial charge in [-0.1, -0.05) is 37.6 Å². The van der Waals surface area contributed by atoms with E-state index in [0.717, 1.165) is 12.1 Å². The monoisotopic (exact) mass is 294 g/mol. The molecule has 1 atom stereocenters. The average molecular weight is 295 g/mol. The Morgan fingerprint density at radius 1 is 1.40 bits per heavy atom. The molecule has 0 radical (unpaired) electrons. The van der Waals surface area contributed by atoms with E-state index in [1.165, 1.54) is 12.8 Å². The van der Waals surface area contributed by atoms with Crippen LogP contribution in [-0.2, 0) is 11.2 Å². The molecule has 2 rings (SSSR count). The van der Waals surface area contributed by atoms with Gasteiger partial charge in [-0.3, -0.25) is 4.79 Å². The summed E-state index contributed by atoms with van der Waals surface area (Å²) in [6, 6.07) is 7.77. The van der Waals surface area contributed by atoms with Crippen molar-refractivity contribution in [3.63, 3.8) is 0 Å². The molecular formula is C16H23ClN2O. The zero-order valence-electron chi connectivity index (χ0n) is 12.2. The van der Waals surface area contributed by atoms with E-state index in [2.05, 4.69) is 24.5 Å². The number of nitrogens with one attached hydrogen (secondary N) is 2. The van der Waals surface area contributed by atoms with Crippen LogP contribution in [0, 0.1) is 5.41 Å². The van der Waals surface area contributed by atoms with Crippen LogP contribution >= 0.6 is 11.6 Å². The first-order valence-corrected chi connectivity index (χ1v) is 7.60. The van der Waals surface area contributed by atoms with Crippen molar-refractivity contribution in [2.45, 2.75) is 39.2 Å². The van der Waals surface area contributed by atoms with Crippen molar-refractivity contribution in [3.05, 3.63) is 34.9 Å². The van der Waals surface area contributed by atoms with Gasteiger partial charge in [0.2, 0.25) is 5.91 Å². The van der Waals surface area contributed by atoms with Crippen molar-refractivity contribution in [1.29, 1.82) is 0 Å². The van der Waals surface area contributed by atoms with Gasteiger partial charge in [0.05, 0.1) is 6.42 Å². The lowest BCUT2D eigenvalue weighted by molar-refractivity contribution is -0.120. The van der Waals surface area contributed by atoms with Crippen LogP contribution in [0.2, 0.25) is 5.02 Å². The summed E-state index contributed by atoms with van der Waals surface area (Å²) in [6.45, 7) is 6.25. The summed E-state index contributed by atoms with van der Waals surface area (Å²) in [4.78, 5) is 12.0. The fourth-order valence-corrected chi connectivity index (χ4v) is 2.81. The number of halogens is 1. The van der Waals surface area contributed by atoms with Crippen LogP contribution < -0.4 is 10.6 Å². The highest BCUT2D eigenvalue weighted by atomic mass is 35.5. The maximum absolute atomic E-state index is 12.0. The van der Waals surface area contributed by atoms with Gasteiger partial charge in [-0.05, 0) is 42.5 Å². The fourth-order valence-electron chi connectivity index (χ4n) is 2.69. The molecule has 4 heteroatoms. The molecule has 1 aromatic carbocycles. The zero-order chi connectivity index (χ0) is 14.6. The van der Waals surface area contributed by atoms with E-state index >= 15 is 0 Å². The third kappa shape index (κ3) is 4.22. The van der Waals surface area contributed by atoms with Gasteiger partial charge in [-0.15, -0.1) is 0 Å². The van der Waals surface area contributed by atoms with Crippen LogP contribution in [0.3, 0.4) is 0 Å². The molecule has 2 N–H and O–H groups in total. The molecule has 0 bridgehead atoms. The van der Waals surface area contributed by atoms with Gasteiger partial charge in [-0.25, -0.2) is 0 Å². The van der Waals surface area contributed by atoms with Crippen molar-refractivity contribution in [1.82, 2.24) is 10.6 Å². The number of hydrogen-bond donors (Lipinski definition) is 2. The zero-order valence-corrected chi connectivity index (χ0v) is 13.0. The second-order valence-electron chi connectivity index (χ2n) is 6.21. The molecule has 1 heterocycles. The van der Waals surface area contributed by atoms with Gasteiger partial charge in [0.15, 0.2) is 0 Å². The Balaban J connectivity index is 1.81. The van der Waals surface area contributed by atoms with Crippen LogP contribution in [0.5, 0.6) is 0 Å². The van der Waals surface area contributed by atoms with Gasteiger partial charge in [0.25, 0.3) is 0 Å². The van der Waals surface area contributed by atoms with Crippen molar-refractivity contribution < 1.29 is 4.79 Å². The van der Waals surface area contributed by atoms with Crippen molar-refractivity contribution in [2.24, 2.45) is 5.41 Å². The molecule has 0 aliphatic carbocycles. The van der Waals surface area contributed by atoms with Gasteiger partial charge in [-0.2, -0.15) is 0 Å². The maximum atomic E-state index is 12.0. The second-order valence-corrected chi connectivity index (χ2v) is 6.64. The predicted molar refractivity (Wildman–Crippen MR) is 83.0 cm³/mol. The summed E-state index contributed by atoms with van der Waals surface area (Å²) in [7, 11) is 0. The third-order valence-corrected chi connectivity index (χ3v) is 4.37. The Hall–Kier alpha value is -1.06. The largest absolute Gasteiger partial charge is 0.354 e. The Labute approximate surface area is 126 Å². The van der Waals surface area contributed by atoms with Gasteiger partial charge in [0, 0.05) is 17.6 Å². The molecule has 3 nitrogen and oxygen atoms in total. The topological polar surface area (TPSA) is 41.1 Å². The minimum Gasteiger partial charge on any atom is -0.354 e. The normalized spacial score (nSPS) is 21.4. The highest BCUT2D eigenvalue weighted by Crippen LogP contribution is 2.29. The van der Waals surface area contributed by atoms with Gasteiger partial charge >= 0.3 is 0 Å². The third-order valence-electron chi connectivity index (χ3n) is 4.11. The van der Waals surface area contributed by atoms with Crippen molar-refractivity contribution >= 4 is 17.5 Å². The number of carbonyl (C=O) groups excluding carboxylic acids is 1. The summed E-state index contributed by atoms with van der Waals surface area (Å²) < 4.78 is 0. The van der Waals surface area contributed by atoms with Crippen LogP contribution in [0.25, 0.3) is 0 Å². The molecule has 1 aliphatic rings. The highest BCUT2D eigenvalue weighted by Gasteiger charge is 2.31. The van der Waals surface area contributed by atoms with E-state index in [1.807, 2.05) is 24.3 Å². The van der Waals surface area contributed by atoms with Crippen molar-refractivity contribution in [3.8, 4) is 0 Å². The summed E-state index contributed by atoms with van der Waals surface area (Å²) >= 11 is 5.83. The number of piperidine rings is 1. The maximum Gasteiger partial charge on any atom is 0.224 e. The number of amides is 1. The number of benzene rings is 1. The second kappa shape index (κ2) is 6.59. The van der Waals surface area contributed by atoms with E-state index in [1.54, 1.807) is 0 Å². The van der Waals surface area contributed by atoms with E-state index in [-0.39, 0.29) is 11.3 Å². The molecule has 1 fully saturated rings. The molecule has 1 aliphatic heterocycles. The summed E-state index contributed by atoms with van der Waals surface area (Å²) in [5, 5.41) is 7.24. The highest BCUT2D eigenvalue weighted by molar-refractivity contribution is 6.30. The lowest BCUT2D eigenvalue weighted by Gasteiger charge is -2.39. The molecule has 110 valence electrons. The Kier molecular flexibility index (Phi) is 5.06. The first-order chi connectivity index (χ1) is 9.47. The molecule has 1 saturated heterocycles. The molecule has 0 spiro atoms. The molecule has 1 unspecified atom stereocenters. The quantitative estimate of drug-likeness (QED) is 0.896. The minimum atomic E-state index is 0.0653. The molecule has 20 heavy (non-hydrogen) atoms. The molecular weight excluding hydrogens is 272 g/mol. The Bertz CT molecular complexity index is 456. The van der Waals surface area contributed by atoms with Crippen LogP contribution in [0.4, 0.5) is 0 Å². The van der Waals surface area contributed by atoms with Crippen LogP contribution in [0.1, 0.15) is 32.3 Å². The standard InChI is InChI=1S/C16H23ClN2O/c1-16(2)8-3-9-18-14(16)11-19-15(20)10-12-4-6-13(17)7-5-12/h4-7,14,18H,3,8-11H2,1-2H3,(H,19,20). The molecule has 1 aromatic rings. The minimum absolute atomic E-state index is 0.0653. The SMILES string of the molecule is CC1(C)CCCNC1CNC(=O)Cc1ccc(Cl)cc1. The van der Waals surface area contributed by atoms with E-state index in [4.69, 9.17) is 11.6 Å². The number of carbonyl (C=O) groups is 1. The average Bonchev–Trinajstić information content (AvgIpc) is 2.40. The lowest BCUT2D eigenvalue weighted by Crippen LogP contribution is -2.52.